The Kier molecular flexibility index (Phi) is 12.4. The van der Waals surface area contributed by atoms with Gasteiger partial charge in [0.2, 0.25) is 0 Å². The maximum atomic E-state index is 5.41. The quantitative estimate of drug-likeness (QED) is 0.143. The highest BCUT2D eigenvalue weighted by Crippen LogP contribution is 2.48. The first-order valence-corrected chi connectivity index (χ1v) is 37.8. The first-order chi connectivity index (χ1) is 53.6. The van der Waals surface area contributed by atoms with Crippen LogP contribution in [0.1, 0.15) is 0 Å². The van der Waals surface area contributed by atoms with Crippen LogP contribution in [0, 0.1) is 0 Å². The molecule has 12 nitrogen and oxygen atoms in total. The van der Waals surface area contributed by atoms with E-state index in [1.807, 2.05) is 24.5 Å². The van der Waals surface area contributed by atoms with Gasteiger partial charge in [0.15, 0.2) is 21.2 Å². The van der Waals surface area contributed by atoms with Crippen LogP contribution < -0.4 is 0 Å². The van der Waals surface area contributed by atoms with Crippen molar-refractivity contribution in [2.75, 3.05) is 0 Å². The van der Waals surface area contributed by atoms with Crippen LogP contribution in [0.3, 0.4) is 0 Å². The molecule has 502 valence electrons. The predicted octanol–water partition coefficient (Wildman–Crippen LogP) is 24.0. The van der Waals surface area contributed by atoms with Gasteiger partial charge < -0.3 is 18.3 Å². The minimum absolute atomic E-state index is 0.824. The molecule has 24 rings (SSSR count). The van der Waals surface area contributed by atoms with Crippen molar-refractivity contribution in [2.24, 2.45) is 0 Å². The highest BCUT2D eigenvalue weighted by molar-refractivity contribution is 7.24. The molecule has 0 spiro atoms. The molecule has 0 aliphatic heterocycles. The molecule has 11 aromatic heterocycles. The molecule has 0 radical (unpaired) electrons. The lowest BCUT2D eigenvalue weighted by atomic mass is 9.95. The first-order valence-electron chi connectivity index (χ1n) is 36.1. The Hall–Kier alpha value is -14.2. The molecule has 0 N–H and O–H groups in total. The number of nitrogens with zero attached hydrogens (tertiary/aromatic N) is 12. The van der Waals surface area contributed by atoms with Gasteiger partial charge in [-0.25, -0.2) is 24.9 Å². The molecule has 0 saturated carbocycles. The maximum Gasteiger partial charge on any atom is 0.197 e. The summed E-state index contributed by atoms with van der Waals surface area (Å²) in [6.45, 7) is 0. The molecule has 0 aliphatic rings. The van der Waals surface area contributed by atoms with Crippen molar-refractivity contribution in [3.63, 3.8) is 0 Å². The fraction of sp³-hybridized carbons (Fsp3) is 0. The molecule has 0 saturated heterocycles. The van der Waals surface area contributed by atoms with E-state index in [1.165, 1.54) is 48.7 Å². The lowest BCUT2D eigenvalue weighted by Gasteiger charge is -2.17. The maximum absolute atomic E-state index is 5.41. The second-order valence-electron chi connectivity index (χ2n) is 27.8. The van der Waals surface area contributed by atoms with Crippen molar-refractivity contribution in [1.29, 1.82) is 0 Å². The smallest absolute Gasteiger partial charge is 0.197 e. The van der Waals surface area contributed by atoms with Crippen LogP contribution in [0.25, 0.3) is 219 Å². The SMILES string of the molecule is c1ccc(-c2nccc3c2sc2nc4cccnc4n23)c(-c2ccccc2-n2c3ccccc3c3cc(-n4c5ccccc5c5ccc(-c6ccc7c(c6)nc6sc8c(-c9ccccc9-c9ccccc9-n9c%10ccccc%10c%10cc(-n%11c%12ccccc%12c%12ccccc%12%11)ccc%109)ncnc8n67)cc54)ccc32)c1. The Morgan fingerprint density at radius 3 is 1.27 bits per heavy atom. The lowest BCUT2D eigenvalue weighted by molar-refractivity contribution is 1.16. The summed E-state index contributed by atoms with van der Waals surface area (Å²) in [6, 6.07) is 112. The summed E-state index contributed by atoms with van der Waals surface area (Å²) < 4.78 is 16.1. The number of hydrogen-bond donors (Lipinski definition) is 0. The van der Waals surface area contributed by atoms with Crippen LogP contribution in [0.15, 0.2) is 328 Å². The summed E-state index contributed by atoms with van der Waals surface area (Å²) in [4.78, 5) is 32.2. The topological polar surface area (TPSA) is 106 Å². The summed E-state index contributed by atoms with van der Waals surface area (Å²) in [5.74, 6) is 0. The molecule has 24 aromatic rings. The van der Waals surface area contributed by atoms with E-state index in [1.54, 1.807) is 29.0 Å². The monoisotopic (exact) mass is 1410 g/mol. The summed E-state index contributed by atoms with van der Waals surface area (Å²) in [6.07, 6.45) is 5.46. The van der Waals surface area contributed by atoms with Crippen molar-refractivity contribution in [3.05, 3.63) is 328 Å². The van der Waals surface area contributed by atoms with Gasteiger partial charge in [0.1, 0.15) is 16.5 Å². The zero-order valence-corrected chi connectivity index (χ0v) is 59.0. The molecule has 108 heavy (non-hydrogen) atoms. The van der Waals surface area contributed by atoms with Crippen LogP contribution in [0.2, 0.25) is 0 Å². The van der Waals surface area contributed by atoms with Gasteiger partial charge in [-0.1, -0.05) is 217 Å². The number of hydrogen-bond acceptors (Lipinski definition) is 8. The number of thiazole rings is 2. The summed E-state index contributed by atoms with van der Waals surface area (Å²) in [7, 11) is 0. The highest BCUT2D eigenvalue weighted by Gasteiger charge is 2.27. The van der Waals surface area contributed by atoms with E-state index in [0.717, 1.165) is 170 Å². The Morgan fingerprint density at radius 2 is 0.676 bits per heavy atom. The number of pyridine rings is 2. The minimum atomic E-state index is 0.824. The van der Waals surface area contributed by atoms with E-state index in [4.69, 9.17) is 29.9 Å². The summed E-state index contributed by atoms with van der Waals surface area (Å²) in [5.41, 5.74) is 29.4. The molecule has 13 aromatic carbocycles. The third-order valence-corrected chi connectivity index (χ3v) is 24.3. The normalized spacial score (nSPS) is 12.3. The number of aromatic nitrogens is 12. The van der Waals surface area contributed by atoms with Crippen LogP contribution in [-0.2, 0) is 0 Å². The molecule has 0 unspecified atom stereocenters. The molecule has 0 aliphatic carbocycles. The predicted molar refractivity (Wildman–Crippen MR) is 445 cm³/mol. The average molecular weight is 1420 g/mol. The van der Waals surface area contributed by atoms with E-state index in [9.17, 15) is 0 Å². The Balaban J connectivity index is 0.591. The van der Waals surface area contributed by atoms with E-state index < -0.39 is 0 Å². The van der Waals surface area contributed by atoms with Crippen LogP contribution in [0.4, 0.5) is 0 Å². The van der Waals surface area contributed by atoms with Gasteiger partial charge in [-0.05, 0) is 138 Å². The number of para-hydroxylation sites is 7. The molecule has 0 amide bonds. The molecular formula is C94H54N12S2. The lowest BCUT2D eigenvalue weighted by Crippen LogP contribution is -1.99. The van der Waals surface area contributed by atoms with Crippen molar-refractivity contribution >= 4 is 163 Å². The third kappa shape index (κ3) is 8.43. The van der Waals surface area contributed by atoms with Gasteiger partial charge in [0.25, 0.3) is 0 Å². The summed E-state index contributed by atoms with van der Waals surface area (Å²) >= 11 is 3.29. The van der Waals surface area contributed by atoms with E-state index in [0.29, 0.717) is 0 Å². The first kappa shape index (κ1) is 59.2. The fourth-order valence-corrected chi connectivity index (χ4v) is 19.8. The fourth-order valence-electron chi connectivity index (χ4n) is 17.6. The standard InChI is InChI=1S/C94H54N12S2/c1-3-29-69(87-89-85(47-49-95-87)106-91-73(31-19-48-96-91)99-93(106)107-89)59(20-1)61-22-5-15-35-78(61)103-81-38-18-11-28-67(81)72-53-58(42-46-83(72)103)102-77-34-14-9-26-65(77)68-43-39-56(51-86(68)102)55-40-44-84-74(50-55)100-94-105(84)92-90(108-94)88(97-54-98-92)70-30-4-2-21-60(70)62-23-6-16-36-79(62)104-80-37-17-10-27-66(80)71-52-57(41-45-82(71)104)101-75-32-12-7-24-63(75)64-25-8-13-33-76(64)101/h1-54H. The highest BCUT2D eigenvalue weighted by atomic mass is 32.1. The molecule has 0 fully saturated rings. The summed E-state index contributed by atoms with van der Waals surface area (Å²) in [5, 5.41) is 9.58. The van der Waals surface area contributed by atoms with Crippen LogP contribution in [-0.4, -0.2) is 57.0 Å². The molecular weight excluding hydrogens is 1360 g/mol. The van der Waals surface area contributed by atoms with E-state index in [2.05, 4.69) is 324 Å². The van der Waals surface area contributed by atoms with E-state index >= 15 is 0 Å². The molecule has 0 bridgehead atoms. The molecule has 0 atom stereocenters. The number of fused-ring (bicyclic) bond motifs is 22. The zero-order valence-electron chi connectivity index (χ0n) is 57.4. The van der Waals surface area contributed by atoms with Gasteiger partial charge in [0, 0.05) is 89.1 Å². The van der Waals surface area contributed by atoms with E-state index in [-0.39, 0.29) is 0 Å². The van der Waals surface area contributed by atoms with Crippen molar-refractivity contribution in [2.45, 2.75) is 0 Å². The minimum Gasteiger partial charge on any atom is -0.309 e. The number of imidazole rings is 2. The van der Waals surface area contributed by atoms with Gasteiger partial charge >= 0.3 is 0 Å². The second kappa shape index (κ2) is 22.7. The average Bonchev–Trinajstić information content (AvgIpc) is 0.884. The Morgan fingerprint density at radius 1 is 0.241 bits per heavy atom. The van der Waals surface area contributed by atoms with Crippen molar-refractivity contribution < 1.29 is 0 Å². The van der Waals surface area contributed by atoms with Crippen molar-refractivity contribution in [1.82, 2.24) is 57.0 Å². The molecule has 14 heteroatoms. The number of rotatable bonds is 9. The van der Waals surface area contributed by atoms with Gasteiger partial charge in [-0.2, -0.15) is 0 Å². The Bertz CT molecular complexity index is 7930. The van der Waals surface area contributed by atoms with Gasteiger partial charge in [0.05, 0.1) is 88.1 Å². The Labute approximate surface area is 622 Å². The largest absolute Gasteiger partial charge is 0.309 e. The van der Waals surface area contributed by atoms with Crippen LogP contribution >= 0.6 is 22.7 Å². The van der Waals surface area contributed by atoms with Gasteiger partial charge in [-0.3, -0.25) is 13.8 Å². The van der Waals surface area contributed by atoms with Crippen molar-refractivity contribution in [3.8, 4) is 78.6 Å². The number of benzene rings is 13. The van der Waals surface area contributed by atoms with Gasteiger partial charge in [-0.15, -0.1) is 0 Å². The molecule has 11 heterocycles. The zero-order chi connectivity index (χ0) is 70.4. The second-order valence-corrected chi connectivity index (χ2v) is 29.7. The van der Waals surface area contributed by atoms with Crippen LogP contribution in [0.5, 0.6) is 0 Å². The third-order valence-electron chi connectivity index (χ3n) is 22.2.